The van der Waals surface area contributed by atoms with E-state index in [4.69, 9.17) is 5.73 Å². The molecule has 3 unspecified atom stereocenters. The first-order chi connectivity index (χ1) is 7.27. The van der Waals surface area contributed by atoms with Crippen molar-refractivity contribution < 1.29 is 5.11 Å². The number of aliphatic hydroxyl groups excluding tert-OH is 1. The number of nitrogens with zero attached hydrogens (tertiary/aromatic N) is 1. The average Bonchev–Trinajstić information content (AvgIpc) is 3.00. The third-order valence-electron chi connectivity index (χ3n) is 4.12. The van der Waals surface area contributed by atoms with Gasteiger partial charge in [0.05, 0.1) is 6.61 Å². The molecule has 0 aromatic heterocycles. The minimum Gasteiger partial charge on any atom is -0.395 e. The quantitative estimate of drug-likeness (QED) is 0.713. The molecule has 3 atom stereocenters. The summed E-state index contributed by atoms with van der Waals surface area (Å²) < 4.78 is 0. The van der Waals surface area contributed by atoms with E-state index >= 15 is 0 Å². The highest BCUT2D eigenvalue weighted by molar-refractivity contribution is 4.96. The predicted octanol–water partition coefficient (Wildman–Crippen LogP) is 0.959. The summed E-state index contributed by atoms with van der Waals surface area (Å²) in [5.41, 5.74) is 6.23. The summed E-state index contributed by atoms with van der Waals surface area (Å²) in [6.07, 6.45) is 6.27. The van der Waals surface area contributed by atoms with Crippen LogP contribution in [0, 0.1) is 5.92 Å². The number of hydrogen-bond acceptors (Lipinski definition) is 3. The summed E-state index contributed by atoms with van der Waals surface area (Å²) >= 11 is 0. The van der Waals surface area contributed by atoms with Crippen LogP contribution in [0.3, 0.4) is 0 Å². The van der Waals surface area contributed by atoms with Crippen LogP contribution in [0.15, 0.2) is 0 Å². The fraction of sp³-hybridized carbons (Fsp3) is 1.00. The van der Waals surface area contributed by atoms with E-state index in [1.165, 1.54) is 32.1 Å². The first-order valence-corrected chi connectivity index (χ1v) is 6.40. The molecule has 1 saturated heterocycles. The Kier molecular flexibility index (Phi) is 3.65. The Morgan fingerprint density at radius 1 is 1.40 bits per heavy atom. The van der Waals surface area contributed by atoms with Crippen molar-refractivity contribution in [2.45, 2.75) is 57.2 Å². The van der Waals surface area contributed by atoms with Gasteiger partial charge in [-0.3, -0.25) is 4.90 Å². The summed E-state index contributed by atoms with van der Waals surface area (Å²) in [5, 5.41) is 9.53. The molecule has 88 valence electrons. The zero-order valence-electron chi connectivity index (χ0n) is 9.73. The van der Waals surface area contributed by atoms with Crippen molar-refractivity contribution in [3.05, 3.63) is 0 Å². The van der Waals surface area contributed by atoms with Crippen LogP contribution in [-0.4, -0.2) is 41.3 Å². The Labute approximate surface area is 92.6 Å². The van der Waals surface area contributed by atoms with Crippen molar-refractivity contribution >= 4 is 0 Å². The molecule has 0 spiro atoms. The van der Waals surface area contributed by atoms with Gasteiger partial charge >= 0.3 is 0 Å². The molecule has 3 nitrogen and oxygen atoms in total. The highest BCUT2D eigenvalue weighted by Gasteiger charge is 2.39. The van der Waals surface area contributed by atoms with E-state index in [-0.39, 0.29) is 18.7 Å². The highest BCUT2D eigenvalue weighted by atomic mass is 16.3. The molecule has 0 aromatic carbocycles. The average molecular weight is 212 g/mol. The Balaban J connectivity index is 1.97. The summed E-state index contributed by atoms with van der Waals surface area (Å²) in [6.45, 7) is 3.60. The van der Waals surface area contributed by atoms with Gasteiger partial charge in [-0.2, -0.15) is 0 Å². The third-order valence-corrected chi connectivity index (χ3v) is 4.12. The molecule has 2 aliphatic rings. The maximum Gasteiger partial charge on any atom is 0.0602 e. The van der Waals surface area contributed by atoms with Gasteiger partial charge in [0.2, 0.25) is 0 Å². The number of hydrogen-bond donors (Lipinski definition) is 2. The van der Waals surface area contributed by atoms with Gasteiger partial charge in [-0.15, -0.1) is 0 Å². The molecular formula is C12H24N2O. The predicted molar refractivity (Wildman–Crippen MR) is 61.6 cm³/mol. The summed E-state index contributed by atoms with van der Waals surface area (Å²) in [4.78, 5) is 2.46. The van der Waals surface area contributed by atoms with Gasteiger partial charge in [0.25, 0.3) is 0 Å². The topological polar surface area (TPSA) is 49.5 Å². The van der Waals surface area contributed by atoms with Crippen LogP contribution in [0.2, 0.25) is 0 Å². The van der Waals surface area contributed by atoms with Gasteiger partial charge in [-0.05, 0) is 44.6 Å². The Morgan fingerprint density at radius 2 is 2.13 bits per heavy atom. The van der Waals surface area contributed by atoms with Gasteiger partial charge in [0, 0.05) is 18.1 Å². The maximum atomic E-state index is 9.53. The lowest BCUT2D eigenvalue weighted by atomic mass is 10.0. The second kappa shape index (κ2) is 4.81. The minimum absolute atomic E-state index is 0.196. The Hall–Kier alpha value is -0.120. The first-order valence-electron chi connectivity index (χ1n) is 6.40. The minimum atomic E-state index is 0.196. The summed E-state index contributed by atoms with van der Waals surface area (Å²) in [7, 11) is 0. The van der Waals surface area contributed by atoms with Crippen molar-refractivity contribution in [1.82, 2.24) is 4.90 Å². The molecule has 1 saturated carbocycles. The molecular weight excluding hydrogens is 188 g/mol. The van der Waals surface area contributed by atoms with Crippen LogP contribution in [-0.2, 0) is 0 Å². The van der Waals surface area contributed by atoms with E-state index in [0.717, 1.165) is 6.54 Å². The van der Waals surface area contributed by atoms with Gasteiger partial charge in [0.15, 0.2) is 0 Å². The van der Waals surface area contributed by atoms with E-state index in [0.29, 0.717) is 12.0 Å². The Morgan fingerprint density at radius 3 is 2.67 bits per heavy atom. The van der Waals surface area contributed by atoms with Crippen molar-refractivity contribution in [1.29, 1.82) is 0 Å². The lowest BCUT2D eigenvalue weighted by molar-refractivity contribution is 0.0865. The normalized spacial score (nSPS) is 31.8. The summed E-state index contributed by atoms with van der Waals surface area (Å²) in [6, 6.07) is 1.07. The Bertz CT molecular complexity index is 206. The molecule has 15 heavy (non-hydrogen) atoms. The van der Waals surface area contributed by atoms with Crippen LogP contribution in [0.4, 0.5) is 0 Å². The van der Waals surface area contributed by atoms with Crippen LogP contribution < -0.4 is 5.73 Å². The largest absolute Gasteiger partial charge is 0.395 e. The number of likely N-dealkylation sites (tertiary alicyclic amines) is 1. The van der Waals surface area contributed by atoms with Crippen LogP contribution in [0.25, 0.3) is 0 Å². The molecule has 0 bridgehead atoms. The third kappa shape index (κ3) is 2.35. The molecule has 3 N–H and O–H groups in total. The molecule has 0 aromatic rings. The second-order valence-electron chi connectivity index (χ2n) is 5.11. The lowest BCUT2D eigenvalue weighted by Crippen LogP contribution is -2.52. The van der Waals surface area contributed by atoms with Crippen LogP contribution >= 0.6 is 0 Å². The van der Waals surface area contributed by atoms with E-state index < -0.39 is 0 Å². The van der Waals surface area contributed by atoms with E-state index in [2.05, 4.69) is 11.8 Å². The van der Waals surface area contributed by atoms with Crippen molar-refractivity contribution in [3.8, 4) is 0 Å². The highest BCUT2D eigenvalue weighted by Crippen LogP contribution is 2.35. The maximum absolute atomic E-state index is 9.53. The number of rotatable bonds is 5. The first kappa shape index (κ1) is 11.4. The monoisotopic (exact) mass is 212 g/mol. The zero-order valence-corrected chi connectivity index (χ0v) is 9.73. The SMILES string of the molecule is CCC1CCCN1C(CO)C(N)C1CC1. The van der Waals surface area contributed by atoms with E-state index in [1.807, 2.05) is 0 Å². The van der Waals surface area contributed by atoms with Crippen LogP contribution in [0.5, 0.6) is 0 Å². The van der Waals surface area contributed by atoms with Gasteiger partial charge in [-0.25, -0.2) is 0 Å². The van der Waals surface area contributed by atoms with Crippen molar-refractivity contribution in [3.63, 3.8) is 0 Å². The summed E-state index contributed by atoms with van der Waals surface area (Å²) in [5.74, 6) is 0.681. The molecule has 1 aliphatic carbocycles. The van der Waals surface area contributed by atoms with Gasteiger partial charge in [-0.1, -0.05) is 6.92 Å². The standard InChI is InChI=1S/C12H24N2O/c1-2-10-4-3-7-14(10)11(8-15)12(13)9-5-6-9/h9-12,15H,2-8,13H2,1H3. The lowest BCUT2D eigenvalue weighted by Gasteiger charge is -2.35. The molecule has 1 aliphatic heterocycles. The molecule has 2 fully saturated rings. The fourth-order valence-electron chi connectivity index (χ4n) is 2.98. The number of nitrogens with two attached hydrogens (primary N) is 1. The van der Waals surface area contributed by atoms with Crippen LogP contribution in [0.1, 0.15) is 39.0 Å². The van der Waals surface area contributed by atoms with E-state index in [1.54, 1.807) is 0 Å². The number of aliphatic hydroxyl groups is 1. The van der Waals surface area contributed by atoms with E-state index in [9.17, 15) is 5.11 Å². The van der Waals surface area contributed by atoms with Crippen molar-refractivity contribution in [2.24, 2.45) is 11.7 Å². The molecule has 0 amide bonds. The fourth-order valence-corrected chi connectivity index (χ4v) is 2.98. The molecule has 0 radical (unpaired) electrons. The zero-order chi connectivity index (χ0) is 10.8. The smallest absolute Gasteiger partial charge is 0.0602 e. The van der Waals surface area contributed by atoms with Gasteiger partial charge < -0.3 is 10.8 Å². The molecule has 1 heterocycles. The van der Waals surface area contributed by atoms with Crippen molar-refractivity contribution in [2.75, 3.05) is 13.2 Å². The second-order valence-corrected chi connectivity index (χ2v) is 5.11. The molecule has 2 rings (SSSR count). The molecule has 3 heteroatoms. The van der Waals surface area contributed by atoms with Gasteiger partial charge in [0.1, 0.15) is 0 Å².